The fourth-order valence-corrected chi connectivity index (χ4v) is 4.56. The molecule has 1 aliphatic rings. The third-order valence-corrected chi connectivity index (χ3v) is 6.10. The monoisotopic (exact) mass is 365 g/mol. The summed E-state index contributed by atoms with van der Waals surface area (Å²) in [6, 6.07) is 11.3. The SMILES string of the molecule is COc1ccc(C)cc1S(=O)(=O)N1CCOC(c2ccccc2F)C1. The van der Waals surface area contributed by atoms with E-state index in [1.165, 1.54) is 17.5 Å². The lowest BCUT2D eigenvalue weighted by Crippen LogP contribution is -2.42. The number of hydrogen-bond acceptors (Lipinski definition) is 4. The first kappa shape index (κ1) is 17.8. The summed E-state index contributed by atoms with van der Waals surface area (Å²) in [5, 5.41) is 0. The Labute approximate surface area is 147 Å². The van der Waals surface area contributed by atoms with E-state index in [2.05, 4.69) is 0 Å². The first-order valence-corrected chi connectivity index (χ1v) is 9.38. The third-order valence-electron chi connectivity index (χ3n) is 4.22. The second-order valence-corrected chi connectivity index (χ2v) is 7.80. The van der Waals surface area contributed by atoms with Crippen molar-refractivity contribution in [1.29, 1.82) is 0 Å². The molecule has 1 aliphatic heterocycles. The molecule has 0 amide bonds. The Balaban J connectivity index is 1.93. The van der Waals surface area contributed by atoms with Crippen molar-refractivity contribution in [3.63, 3.8) is 0 Å². The zero-order valence-corrected chi connectivity index (χ0v) is 14.9. The van der Waals surface area contributed by atoms with E-state index < -0.39 is 21.9 Å². The maximum absolute atomic E-state index is 14.0. The number of morpholine rings is 1. The van der Waals surface area contributed by atoms with Crippen molar-refractivity contribution in [3.8, 4) is 5.75 Å². The second kappa shape index (κ2) is 7.11. The van der Waals surface area contributed by atoms with Gasteiger partial charge in [-0.1, -0.05) is 24.3 Å². The average molecular weight is 365 g/mol. The van der Waals surface area contributed by atoms with E-state index in [-0.39, 0.29) is 24.6 Å². The number of sulfonamides is 1. The van der Waals surface area contributed by atoms with Crippen LogP contribution in [-0.4, -0.2) is 39.5 Å². The first-order chi connectivity index (χ1) is 11.9. The Kier molecular flexibility index (Phi) is 5.08. The molecule has 25 heavy (non-hydrogen) atoms. The molecule has 0 radical (unpaired) electrons. The van der Waals surface area contributed by atoms with E-state index in [0.29, 0.717) is 11.3 Å². The molecule has 134 valence electrons. The summed E-state index contributed by atoms with van der Waals surface area (Å²) in [5.41, 5.74) is 1.18. The number of nitrogens with zero attached hydrogens (tertiary/aromatic N) is 1. The molecule has 0 spiro atoms. The Bertz CT molecular complexity index is 869. The summed E-state index contributed by atoms with van der Waals surface area (Å²) in [4.78, 5) is 0.115. The fourth-order valence-electron chi connectivity index (χ4n) is 2.89. The van der Waals surface area contributed by atoms with Crippen molar-refractivity contribution in [3.05, 3.63) is 59.4 Å². The predicted octanol–water partition coefficient (Wildman–Crippen LogP) is 2.90. The number of methoxy groups -OCH3 is 1. The molecule has 1 heterocycles. The van der Waals surface area contributed by atoms with Gasteiger partial charge in [0.15, 0.2) is 0 Å². The van der Waals surface area contributed by atoms with E-state index in [9.17, 15) is 12.8 Å². The summed E-state index contributed by atoms with van der Waals surface area (Å²) in [7, 11) is -2.34. The van der Waals surface area contributed by atoms with E-state index in [4.69, 9.17) is 9.47 Å². The minimum Gasteiger partial charge on any atom is -0.495 e. The van der Waals surface area contributed by atoms with Gasteiger partial charge in [0.05, 0.1) is 19.8 Å². The van der Waals surface area contributed by atoms with Crippen LogP contribution >= 0.6 is 0 Å². The Morgan fingerprint density at radius 2 is 2.00 bits per heavy atom. The molecule has 7 heteroatoms. The predicted molar refractivity (Wildman–Crippen MR) is 91.6 cm³/mol. The average Bonchev–Trinajstić information content (AvgIpc) is 2.62. The molecule has 1 atom stereocenters. The van der Waals surface area contributed by atoms with Gasteiger partial charge in [-0.25, -0.2) is 12.8 Å². The molecule has 0 N–H and O–H groups in total. The Morgan fingerprint density at radius 3 is 2.72 bits per heavy atom. The quantitative estimate of drug-likeness (QED) is 0.836. The third kappa shape index (κ3) is 3.53. The zero-order chi connectivity index (χ0) is 18.0. The van der Waals surface area contributed by atoms with Gasteiger partial charge < -0.3 is 9.47 Å². The number of aryl methyl sites for hydroxylation is 1. The van der Waals surface area contributed by atoms with Gasteiger partial charge in [0.25, 0.3) is 0 Å². The summed E-state index contributed by atoms with van der Waals surface area (Å²) in [6.07, 6.45) is -0.638. The normalized spacial score (nSPS) is 18.9. The molecule has 0 bridgehead atoms. The Morgan fingerprint density at radius 1 is 1.24 bits per heavy atom. The van der Waals surface area contributed by atoms with Gasteiger partial charge in [0.2, 0.25) is 10.0 Å². The van der Waals surface area contributed by atoms with Crippen molar-refractivity contribution >= 4 is 10.0 Å². The van der Waals surface area contributed by atoms with Crippen LogP contribution in [-0.2, 0) is 14.8 Å². The number of rotatable bonds is 4. The Hall–Kier alpha value is -1.96. The van der Waals surface area contributed by atoms with Crippen LogP contribution in [0.5, 0.6) is 5.75 Å². The number of benzene rings is 2. The number of ether oxygens (including phenoxy) is 2. The van der Waals surface area contributed by atoms with Gasteiger partial charge in [-0.3, -0.25) is 0 Å². The van der Waals surface area contributed by atoms with Crippen LogP contribution in [0.25, 0.3) is 0 Å². The highest BCUT2D eigenvalue weighted by Crippen LogP contribution is 2.32. The van der Waals surface area contributed by atoms with Gasteiger partial charge in [0, 0.05) is 18.7 Å². The largest absolute Gasteiger partial charge is 0.495 e. The number of halogens is 1. The van der Waals surface area contributed by atoms with Crippen molar-refractivity contribution in [2.75, 3.05) is 26.8 Å². The van der Waals surface area contributed by atoms with Crippen molar-refractivity contribution in [1.82, 2.24) is 4.31 Å². The maximum atomic E-state index is 14.0. The van der Waals surface area contributed by atoms with E-state index in [1.54, 1.807) is 36.4 Å². The van der Waals surface area contributed by atoms with Gasteiger partial charge >= 0.3 is 0 Å². The van der Waals surface area contributed by atoms with Crippen molar-refractivity contribution in [2.45, 2.75) is 17.9 Å². The molecule has 0 aliphatic carbocycles. The summed E-state index contributed by atoms with van der Waals surface area (Å²) in [5.74, 6) is -0.112. The van der Waals surface area contributed by atoms with E-state index >= 15 is 0 Å². The zero-order valence-electron chi connectivity index (χ0n) is 14.1. The van der Waals surface area contributed by atoms with Crippen molar-refractivity contribution in [2.24, 2.45) is 0 Å². The van der Waals surface area contributed by atoms with Crippen LogP contribution in [0.1, 0.15) is 17.2 Å². The fraction of sp³-hybridized carbons (Fsp3) is 0.333. The second-order valence-electron chi connectivity index (χ2n) is 5.90. The highest BCUT2D eigenvalue weighted by molar-refractivity contribution is 7.89. The molecule has 0 aromatic heterocycles. The van der Waals surface area contributed by atoms with Crippen LogP contribution in [0.3, 0.4) is 0 Å². The first-order valence-electron chi connectivity index (χ1n) is 7.94. The molecule has 1 saturated heterocycles. The maximum Gasteiger partial charge on any atom is 0.246 e. The molecular formula is C18H20FNO4S. The number of hydrogen-bond donors (Lipinski definition) is 0. The van der Waals surface area contributed by atoms with Gasteiger partial charge in [-0.05, 0) is 30.7 Å². The molecule has 3 rings (SSSR count). The molecule has 0 saturated carbocycles. The summed E-state index contributed by atoms with van der Waals surface area (Å²) >= 11 is 0. The minimum absolute atomic E-state index is 0.0559. The van der Waals surface area contributed by atoms with E-state index in [1.807, 2.05) is 6.92 Å². The van der Waals surface area contributed by atoms with Crippen LogP contribution in [0.4, 0.5) is 4.39 Å². The van der Waals surface area contributed by atoms with Gasteiger partial charge in [-0.2, -0.15) is 4.31 Å². The highest BCUT2D eigenvalue weighted by Gasteiger charge is 2.34. The molecule has 2 aromatic rings. The summed E-state index contributed by atoms with van der Waals surface area (Å²) < 4.78 is 52.3. The van der Waals surface area contributed by atoms with Crippen LogP contribution in [0.2, 0.25) is 0 Å². The van der Waals surface area contributed by atoms with Gasteiger partial charge in [-0.15, -0.1) is 0 Å². The van der Waals surface area contributed by atoms with Crippen LogP contribution in [0, 0.1) is 12.7 Å². The molecule has 1 unspecified atom stereocenters. The van der Waals surface area contributed by atoms with Crippen LogP contribution in [0.15, 0.2) is 47.4 Å². The summed E-state index contributed by atoms with van der Waals surface area (Å²) in [6.45, 7) is 2.29. The highest BCUT2D eigenvalue weighted by atomic mass is 32.2. The lowest BCUT2D eigenvalue weighted by Gasteiger charge is -2.32. The molecular weight excluding hydrogens is 345 g/mol. The lowest BCUT2D eigenvalue weighted by molar-refractivity contribution is -0.00446. The molecule has 5 nitrogen and oxygen atoms in total. The van der Waals surface area contributed by atoms with Crippen molar-refractivity contribution < 1.29 is 22.3 Å². The smallest absolute Gasteiger partial charge is 0.246 e. The van der Waals surface area contributed by atoms with Gasteiger partial charge in [0.1, 0.15) is 16.5 Å². The lowest BCUT2D eigenvalue weighted by atomic mass is 10.1. The standard InChI is InChI=1S/C18H20FNO4S/c1-13-7-8-16(23-2)18(11-13)25(21,22)20-9-10-24-17(12-20)14-5-3-4-6-15(14)19/h3-8,11,17H,9-10,12H2,1-2H3. The van der Waals surface area contributed by atoms with E-state index in [0.717, 1.165) is 5.56 Å². The topological polar surface area (TPSA) is 55.8 Å². The van der Waals surface area contributed by atoms with Crippen LogP contribution < -0.4 is 4.74 Å². The molecule has 2 aromatic carbocycles. The minimum atomic E-state index is -3.78. The molecule has 1 fully saturated rings.